The second kappa shape index (κ2) is 37.3. The summed E-state index contributed by atoms with van der Waals surface area (Å²) in [6, 6.07) is -1.60. The Bertz CT molecular complexity index is 1170. The van der Waals surface area contributed by atoms with Gasteiger partial charge in [-0.1, -0.05) is 0 Å². The molecule has 336 valence electrons. The number of carbonyl (C=O) groups excluding carboxylic acids is 7. The third-order valence-electron chi connectivity index (χ3n) is 8.60. The summed E-state index contributed by atoms with van der Waals surface area (Å²) in [7, 11) is 3.34. The molecule has 7 amide bonds. The molecular weight excluding hydrogens is 760 g/mol. The van der Waals surface area contributed by atoms with Gasteiger partial charge in [-0.05, 0) is 84.8 Å². The summed E-state index contributed by atoms with van der Waals surface area (Å²) in [5.74, 6) is -2.17. The minimum atomic E-state index is -0.740. The molecule has 0 spiro atoms. The standard InChI is InChI=1S/C37H72N10O11/c1-41-28(35(39)52)10-4-7-17-44-33(50)26-57-24-23-56-21-19-46-34(51)27-58-25-22-55-20-18-45-32(49)14-9-13-31(48)43-16-8-5-12-30(42-2)37(54)47-29(36(40)53)11-3-6-15-38/h28-30,41-42H,3-27,38H2,1-2H3,(H2,39,52)(H2,40,53)(H,43,48)(H,44,50)(H,45,49)(H,46,51)(H,47,54)/t28-,29-,30-/m0/s1. The number of unbranched alkanes of at least 4 members (excludes halogenated alkanes) is 3. The van der Waals surface area contributed by atoms with Crippen LogP contribution < -0.4 is 54.4 Å². The van der Waals surface area contributed by atoms with E-state index in [0.717, 1.165) is 19.3 Å². The zero-order chi connectivity index (χ0) is 43.2. The van der Waals surface area contributed by atoms with Crippen LogP contribution in [0, 0.1) is 0 Å². The summed E-state index contributed by atoms with van der Waals surface area (Å²) in [6.07, 6.45) is 6.59. The van der Waals surface area contributed by atoms with Gasteiger partial charge in [0.15, 0.2) is 0 Å². The molecule has 0 bridgehead atoms. The van der Waals surface area contributed by atoms with Crippen molar-refractivity contribution >= 4 is 41.4 Å². The van der Waals surface area contributed by atoms with Gasteiger partial charge in [0.1, 0.15) is 19.3 Å². The van der Waals surface area contributed by atoms with E-state index in [1.807, 2.05) is 0 Å². The fraction of sp³-hybridized carbons (Fsp3) is 0.811. The maximum absolute atomic E-state index is 12.6. The van der Waals surface area contributed by atoms with Crippen molar-refractivity contribution in [1.82, 2.24) is 37.2 Å². The number of rotatable bonds is 40. The highest BCUT2D eigenvalue weighted by Crippen LogP contribution is 2.05. The third-order valence-corrected chi connectivity index (χ3v) is 8.60. The Balaban J connectivity index is 3.67. The largest absolute Gasteiger partial charge is 0.377 e. The van der Waals surface area contributed by atoms with Crippen LogP contribution in [0.25, 0.3) is 0 Å². The first-order chi connectivity index (χ1) is 27.9. The molecule has 0 radical (unpaired) electrons. The van der Waals surface area contributed by atoms with Crippen LogP contribution in [-0.4, -0.2) is 159 Å². The van der Waals surface area contributed by atoms with E-state index in [1.54, 1.807) is 14.1 Å². The maximum Gasteiger partial charge on any atom is 0.246 e. The van der Waals surface area contributed by atoms with Gasteiger partial charge in [-0.25, -0.2) is 0 Å². The van der Waals surface area contributed by atoms with Gasteiger partial charge in [0.2, 0.25) is 41.4 Å². The minimum Gasteiger partial charge on any atom is -0.377 e. The van der Waals surface area contributed by atoms with Crippen LogP contribution in [0.1, 0.15) is 77.0 Å². The Morgan fingerprint density at radius 2 is 0.879 bits per heavy atom. The highest BCUT2D eigenvalue weighted by molar-refractivity contribution is 5.89. The third kappa shape index (κ3) is 32.0. The van der Waals surface area contributed by atoms with E-state index >= 15 is 0 Å². The van der Waals surface area contributed by atoms with E-state index in [2.05, 4.69) is 37.2 Å². The van der Waals surface area contributed by atoms with Crippen LogP contribution in [0.15, 0.2) is 0 Å². The molecule has 0 saturated heterocycles. The van der Waals surface area contributed by atoms with Crippen molar-refractivity contribution in [3.8, 4) is 0 Å². The lowest BCUT2D eigenvalue weighted by molar-refractivity contribution is -0.128. The Labute approximate surface area is 342 Å². The predicted molar refractivity (Wildman–Crippen MR) is 216 cm³/mol. The van der Waals surface area contributed by atoms with Gasteiger partial charge in [-0.3, -0.25) is 33.6 Å². The molecule has 0 aromatic carbocycles. The molecule has 0 aromatic rings. The van der Waals surface area contributed by atoms with Crippen molar-refractivity contribution < 1.29 is 52.5 Å². The first kappa shape index (κ1) is 54.0. The van der Waals surface area contributed by atoms with E-state index in [1.165, 1.54) is 0 Å². The number of hydrogen-bond donors (Lipinski definition) is 10. The van der Waals surface area contributed by atoms with Crippen LogP contribution >= 0.6 is 0 Å². The number of likely N-dealkylation sites (N-methyl/N-ethyl adjacent to an activating group) is 2. The van der Waals surface area contributed by atoms with Crippen LogP contribution in [0.2, 0.25) is 0 Å². The van der Waals surface area contributed by atoms with Crippen LogP contribution in [-0.2, 0) is 52.5 Å². The van der Waals surface area contributed by atoms with Gasteiger partial charge < -0.3 is 73.4 Å². The van der Waals surface area contributed by atoms with Gasteiger partial charge >= 0.3 is 0 Å². The molecule has 21 heteroatoms. The lowest BCUT2D eigenvalue weighted by Crippen LogP contribution is -2.51. The van der Waals surface area contributed by atoms with Crippen LogP contribution in [0.5, 0.6) is 0 Å². The van der Waals surface area contributed by atoms with Crippen molar-refractivity contribution in [2.45, 2.75) is 95.2 Å². The van der Waals surface area contributed by atoms with Gasteiger partial charge in [-0.15, -0.1) is 0 Å². The number of carbonyl (C=O) groups is 7. The summed E-state index contributed by atoms with van der Waals surface area (Å²) in [5, 5.41) is 19.5. The minimum absolute atomic E-state index is 0.0902. The lowest BCUT2D eigenvalue weighted by atomic mass is 10.1. The SMILES string of the molecule is CN[C@@H](CCCCNC(=O)COCCOCCNC(=O)COCCOCCNC(=O)CCCC(=O)NCCCC[C@H](NC)C(=O)N[C@@H](CCCCN)C(N)=O)C(N)=O. The molecular formula is C37H72N10O11. The Hall–Kier alpha value is -3.99. The summed E-state index contributed by atoms with van der Waals surface area (Å²) in [6.45, 7) is 3.24. The van der Waals surface area contributed by atoms with Gasteiger partial charge in [0.25, 0.3) is 0 Å². The molecule has 58 heavy (non-hydrogen) atoms. The molecule has 21 nitrogen and oxygen atoms in total. The molecule has 0 aromatic heterocycles. The number of hydrogen-bond acceptors (Lipinski definition) is 14. The van der Waals surface area contributed by atoms with Crippen LogP contribution in [0.4, 0.5) is 0 Å². The van der Waals surface area contributed by atoms with Crippen molar-refractivity contribution in [2.75, 3.05) is 99.7 Å². The molecule has 0 fully saturated rings. The van der Waals surface area contributed by atoms with Crippen molar-refractivity contribution in [3.05, 3.63) is 0 Å². The molecule has 0 rings (SSSR count). The van der Waals surface area contributed by atoms with Crippen molar-refractivity contribution in [1.29, 1.82) is 0 Å². The Morgan fingerprint density at radius 3 is 1.36 bits per heavy atom. The van der Waals surface area contributed by atoms with Gasteiger partial charge in [-0.2, -0.15) is 0 Å². The Morgan fingerprint density at radius 1 is 0.466 bits per heavy atom. The average molecular weight is 833 g/mol. The summed E-state index contributed by atoms with van der Waals surface area (Å²) >= 11 is 0. The first-order valence-corrected chi connectivity index (χ1v) is 20.3. The topological polar surface area (TPSA) is 319 Å². The lowest BCUT2D eigenvalue weighted by Gasteiger charge is -2.20. The van der Waals surface area contributed by atoms with Crippen molar-refractivity contribution in [3.63, 3.8) is 0 Å². The summed E-state index contributed by atoms with van der Waals surface area (Å²) < 4.78 is 21.3. The fourth-order valence-corrected chi connectivity index (χ4v) is 5.27. The van der Waals surface area contributed by atoms with Crippen molar-refractivity contribution in [2.24, 2.45) is 17.2 Å². The summed E-state index contributed by atoms with van der Waals surface area (Å²) in [4.78, 5) is 83.3. The van der Waals surface area contributed by atoms with E-state index < -0.39 is 23.9 Å². The summed E-state index contributed by atoms with van der Waals surface area (Å²) in [5.41, 5.74) is 16.2. The zero-order valence-corrected chi connectivity index (χ0v) is 34.6. The van der Waals surface area contributed by atoms with E-state index in [9.17, 15) is 33.6 Å². The zero-order valence-electron chi connectivity index (χ0n) is 34.6. The molecule has 0 aliphatic rings. The predicted octanol–water partition coefficient (Wildman–Crippen LogP) is -3.21. The van der Waals surface area contributed by atoms with Gasteiger partial charge in [0, 0.05) is 39.0 Å². The average Bonchev–Trinajstić information content (AvgIpc) is 3.18. The van der Waals surface area contributed by atoms with Crippen LogP contribution in [0.3, 0.4) is 0 Å². The molecule has 0 aliphatic carbocycles. The molecule has 0 unspecified atom stereocenters. The smallest absolute Gasteiger partial charge is 0.246 e. The number of amides is 7. The highest BCUT2D eigenvalue weighted by Gasteiger charge is 2.22. The highest BCUT2D eigenvalue weighted by atomic mass is 16.5. The Kier molecular flexibility index (Phi) is 34.7. The van der Waals surface area contributed by atoms with E-state index in [0.29, 0.717) is 71.1 Å². The van der Waals surface area contributed by atoms with Gasteiger partial charge in [0.05, 0.1) is 51.7 Å². The maximum atomic E-state index is 12.6. The molecule has 0 saturated carbocycles. The quantitative estimate of drug-likeness (QED) is 0.0272. The normalized spacial score (nSPS) is 12.5. The second-order valence-corrected chi connectivity index (χ2v) is 13.4. The first-order valence-electron chi connectivity index (χ1n) is 20.3. The molecule has 13 N–H and O–H groups in total. The second-order valence-electron chi connectivity index (χ2n) is 13.4. The number of primary amides is 2. The fourth-order valence-electron chi connectivity index (χ4n) is 5.27. The number of nitrogens with two attached hydrogens (primary N) is 3. The monoisotopic (exact) mass is 833 g/mol. The number of ether oxygens (including phenoxy) is 4. The van der Waals surface area contributed by atoms with E-state index in [-0.39, 0.29) is 108 Å². The molecule has 0 heterocycles. The molecule has 3 atom stereocenters. The van der Waals surface area contributed by atoms with E-state index in [4.69, 9.17) is 36.1 Å². The number of nitrogens with one attached hydrogen (secondary N) is 7. The molecule has 0 aliphatic heterocycles.